The van der Waals surface area contributed by atoms with Gasteiger partial charge in [0.05, 0.1) is 12.0 Å². The average molecular weight is 383 g/mol. The van der Waals surface area contributed by atoms with Gasteiger partial charge < -0.3 is 10.1 Å². The summed E-state index contributed by atoms with van der Waals surface area (Å²) in [7, 11) is -1.94. The van der Waals surface area contributed by atoms with Crippen LogP contribution in [0, 0.1) is 5.92 Å². The Morgan fingerprint density at radius 2 is 1.92 bits per heavy atom. The predicted octanol–water partition coefficient (Wildman–Crippen LogP) is 2.57. The van der Waals surface area contributed by atoms with Gasteiger partial charge in [0.2, 0.25) is 15.9 Å². The second kappa shape index (κ2) is 9.37. The Hall–Kier alpha value is -1.60. The van der Waals surface area contributed by atoms with Gasteiger partial charge in [-0.1, -0.05) is 20.3 Å². The lowest BCUT2D eigenvalue weighted by molar-refractivity contribution is -0.121. The van der Waals surface area contributed by atoms with Crippen LogP contribution in [0.1, 0.15) is 45.1 Å². The van der Waals surface area contributed by atoms with Crippen LogP contribution in [0.5, 0.6) is 5.75 Å². The van der Waals surface area contributed by atoms with Crippen molar-refractivity contribution in [3.05, 3.63) is 23.8 Å². The molecular formula is C19H30N2O4S. The molecule has 6 nitrogen and oxygen atoms in total. The van der Waals surface area contributed by atoms with E-state index in [0.717, 1.165) is 24.8 Å². The lowest BCUT2D eigenvalue weighted by Gasteiger charge is -2.26. The number of nitrogens with zero attached hydrogens (tertiary/aromatic N) is 1. The quantitative estimate of drug-likeness (QED) is 0.750. The molecule has 1 aliphatic heterocycles. The molecule has 1 N–H and O–H groups in total. The van der Waals surface area contributed by atoms with E-state index in [0.29, 0.717) is 44.1 Å². The van der Waals surface area contributed by atoms with E-state index >= 15 is 0 Å². The third-order valence-electron chi connectivity index (χ3n) is 4.53. The van der Waals surface area contributed by atoms with Crippen LogP contribution in [-0.2, 0) is 21.2 Å². The second-order valence-corrected chi connectivity index (χ2v) is 9.07. The third-order valence-corrected chi connectivity index (χ3v) is 6.43. The number of benzene rings is 1. The summed E-state index contributed by atoms with van der Waals surface area (Å²) in [4.78, 5) is 12.2. The smallest absolute Gasteiger partial charge is 0.243 e. The number of carbonyl (C=O) groups is 1. The molecule has 0 saturated carbocycles. The van der Waals surface area contributed by atoms with Crippen LogP contribution in [-0.4, -0.2) is 45.4 Å². The fourth-order valence-corrected chi connectivity index (χ4v) is 4.59. The van der Waals surface area contributed by atoms with Crippen molar-refractivity contribution in [3.63, 3.8) is 0 Å². The first-order chi connectivity index (χ1) is 12.3. The fourth-order valence-electron chi connectivity index (χ4n) is 3.02. The highest BCUT2D eigenvalue weighted by atomic mass is 32.2. The van der Waals surface area contributed by atoms with E-state index in [-0.39, 0.29) is 10.8 Å². The Kier molecular flexibility index (Phi) is 7.46. The Labute approximate surface area is 157 Å². The zero-order chi connectivity index (χ0) is 19.2. The van der Waals surface area contributed by atoms with Gasteiger partial charge in [0, 0.05) is 26.1 Å². The first-order valence-electron chi connectivity index (χ1n) is 9.28. The van der Waals surface area contributed by atoms with Crippen LogP contribution >= 0.6 is 0 Å². The molecule has 1 fully saturated rings. The van der Waals surface area contributed by atoms with Gasteiger partial charge >= 0.3 is 0 Å². The molecule has 26 heavy (non-hydrogen) atoms. The number of nitrogens with one attached hydrogen (secondary N) is 1. The van der Waals surface area contributed by atoms with Gasteiger partial charge in [-0.05, 0) is 48.9 Å². The normalized spacial score (nSPS) is 15.8. The van der Waals surface area contributed by atoms with Crippen molar-refractivity contribution >= 4 is 15.9 Å². The number of methoxy groups -OCH3 is 1. The minimum atomic E-state index is -3.49. The summed E-state index contributed by atoms with van der Waals surface area (Å²) in [5.41, 5.74) is 0.741. The van der Waals surface area contributed by atoms with Gasteiger partial charge in [-0.2, -0.15) is 4.31 Å². The minimum Gasteiger partial charge on any atom is -0.496 e. The standard InChI is InChI=1S/C19H30N2O4S/c1-15(2)14-20-19(22)10-7-16-13-17(8-9-18(16)25-3)26(23,24)21-11-5-4-6-12-21/h8-9,13,15H,4-7,10-12,14H2,1-3H3,(H,20,22). The zero-order valence-corrected chi connectivity index (χ0v) is 16.8. The van der Waals surface area contributed by atoms with E-state index in [1.54, 1.807) is 29.6 Å². The van der Waals surface area contributed by atoms with Crippen molar-refractivity contribution in [2.75, 3.05) is 26.7 Å². The van der Waals surface area contributed by atoms with Crippen molar-refractivity contribution in [3.8, 4) is 5.75 Å². The number of hydrogen-bond acceptors (Lipinski definition) is 4. The maximum Gasteiger partial charge on any atom is 0.243 e. The van der Waals surface area contributed by atoms with Gasteiger partial charge in [0.25, 0.3) is 0 Å². The molecular weight excluding hydrogens is 352 g/mol. The van der Waals surface area contributed by atoms with Gasteiger partial charge in [-0.25, -0.2) is 8.42 Å². The molecule has 0 unspecified atom stereocenters. The second-order valence-electron chi connectivity index (χ2n) is 7.14. The number of piperidine rings is 1. The lowest BCUT2D eigenvalue weighted by atomic mass is 10.1. The number of hydrogen-bond donors (Lipinski definition) is 1. The third kappa shape index (κ3) is 5.45. The van der Waals surface area contributed by atoms with E-state index < -0.39 is 10.0 Å². The summed E-state index contributed by atoms with van der Waals surface area (Å²) in [5, 5.41) is 2.88. The van der Waals surface area contributed by atoms with E-state index in [1.165, 1.54) is 0 Å². The van der Waals surface area contributed by atoms with E-state index in [4.69, 9.17) is 4.74 Å². The fraction of sp³-hybridized carbons (Fsp3) is 0.632. The summed E-state index contributed by atoms with van der Waals surface area (Å²) in [6.45, 7) is 5.86. The number of sulfonamides is 1. The SMILES string of the molecule is COc1ccc(S(=O)(=O)N2CCCCC2)cc1CCC(=O)NCC(C)C. The molecule has 0 aliphatic carbocycles. The van der Waals surface area contributed by atoms with Gasteiger partial charge in [-0.15, -0.1) is 0 Å². The summed E-state index contributed by atoms with van der Waals surface area (Å²) in [6, 6.07) is 4.92. The summed E-state index contributed by atoms with van der Waals surface area (Å²) in [5.74, 6) is 0.968. The van der Waals surface area contributed by atoms with Crippen LogP contribution in [0.25, 0.3) is 0 Å². The number of carbonyl (C=O) groups excluding carboxylic acids is 1. The van der Waals surface area contributed by atoms with Gasteiger partial charge in [-0.3, -0.25) is 4.79 Å². The van der Waals surface area contributed by atoms with E-state index in [2.05, 4.69) is 5.32 Å². The largest absolute Gasteiger partial charge is 0.496 e. The topological polar surface area (TPSA) is 75.7 Å². The van der Waals surface area contributed by atoms with Gasteiger partial charge in [0.15, 0.2) is 0 Å². The van der Waals surface area contributed by atoms with E-state index in [9.17, 15) is 13.2 Å². The molecule has 7 heteroatoms. The van der Waals surface area contributed by atoms with Crippen LogP contribution in [0.3, 0.4) is 0 Å². The van der Waals surface area contributed by atoms with Crippen molar-refractivity contribution < 1.29 is 17.9 Å². The van der Waals surface area contributed by atoms with Crippen LogP contribution in [0.15, 0.2) is 23.1 Å². The zero-order valence-electron chi connectivity index (χ0n) is 16.0. The molecule has 0 radical (unpaired) electrons. The highest BCUT2D eigenvalue weighted by Gasteiger charge is 2.26. The van der Waals surface area contributed by atoms with Crippen molar-refractivity contribution in [1.29, 1.82) is 0 Å². The monoisotopic (exact) mass is 382 g/mol. The Balaban J connectivity index is 2.13. The predicted molar refractivity (Wildman–Crippen MR) is 102 cm³/mol. The van der Waals surface area contributed by atoms with Crippen LogP contribution < -0.4 is 10.1 Å². The Morgan fingerprint density at radius 3 is 2.54 bits per heavy atom. The van der Waals surface area contributed by atoms with Crippen molar-refractivity contribution in [2.45, 2.75) is 50.8 Å². The number of aryl methyl sites for hydroxylation is 1. The molecule has 0 aromatic heterocycles. The number of amides is 1. The highest BCUT2D eigenvalue weighted by molar-refractivity contribution is 7.89. The number of rotatable bonds is 8. The molecule has 0 bridgehead atoms. The summed E-state index contributed by atoms with van der Waals surface area (Å²) >= 11 is 0. The molecule has 0 atom stereocenters. The Bertz CT molecular complexity index is 710. The maximum atomic E-state index is 12.9. The van der Waals surface area contributed by atoms with Gasteiger partial charge in [0.1, 0.15) is 5.75 Å². The minimum absolute atomic E-state index is 0.0370. The summed E-state index contributed by atoms with van der Waals surface area (Å²) < 4.78 is 32.6. The first kappa shape index (κ1) is 20.7. The first-order valence-corrected chi connectivity index (χ1v) is 10.7. The van der Waals surface area contributed by atoms with E-state index in [1.807, 2.05) is 13.8 Å². The summed E-state index contributed by atoms with van der Waals surface area (Å²) in [6.07, 6.45) is 3.62. The average Bonchev–Trinajstić information content (AvgIpc) is 2.65. The molecule has 1 aromatic carbocycles. The Morgan fingerprint density at radius 1 is 1.23 bits per heavy atom. The number of ether oxygens (including phenoxy) is 1. The molecule has 1 amide bonds. The molecule has 0 spiro atoms. The lowest BCUT2D eigenvalue weighted by Crippen LogP contribution is -2.35. The molecule has 2 rings (SSSR count). The molecule has 1 saturated heterocycles. The van der Waals surface area contributed by atoms with Crippen LogP contribution in [0.4, 0.5) is 0 Å². The molecule has 1 heterocycles. The molecule has 1 aliphatic rings. The molecule has 1 aromatic rings. The van der Waals surface area contributed by atoms with Crippen molar-refractivity contribution in [2.24, 2.45) is 5.92 Å². The molecule has 146 valence electrons. The highest BCUT2D eigenvalue weighted by Crippen LogP contribution is 2.27. The van der Waals surface area contributed by atoms with Crippen LogP contribution in [0.2, 0.25) is 0 Å². The van der Waals surface area contributed by atoms with Crippen molar-refractivity contribution in [1.82, 2.24) is 9.62 Å². The maximum absolute atomic E-state index is 12.9.